The first-order chi connectivity index (χ1) is 15.2. The molecule has 2 aliphatic rings. The zero-order chi connectivity index (χ0) is 21.2. The lowest BCUT2D eigenvalue weighted by atomic mass is 9.95. The second-order valence-electron chi connectivity index (χ2n) is 8.50. The molecule has 2 aromatic heterocycles. The molecule has 162 valence electrons. The van der Waals surface area contributed by atoms with Gasteiger partial charge in [-0.05, 0) is 44.7 Å². The minimum absolute atomic E-state index is 0.0553. The molecule has 2 saturated carbocycles. The van der Waals surface area contributed by atoms with Gasteiger partial charge < -0.3 is 9.88 Å². The van der Waals surface area contributed by atoms with Gasteiger partial charge in [0.15, 0.2) is 5.16 Å². The Kier molecular flexibility index (Phi) is 5.80. The summed E-state index contributed by atoms with van der Waals surface area (Å²) < 4.78 is 4.07. The van der Waals surface area contributed by atoms with E-state index in [-0.39, 0.29) is 5.91 Å². The summed E-state index contributed by atoms with van der Waals surface area (Å²) in [5.74, 6) is 2.42. The van der Waals surface area contributed by atoms with E-state index >= 15 is 0 Å². The predicted octanol–water partition coefficient (Wildman–Crippen LogP) is 4.89. The number of carbonyl (C=O) groups is 1. The second-order valence-corrected chi connectivity index (χ2v) is 9.45. The number of nitrogens with one attached hydrogen (secondary N) is 1. The molecule has 0 atom stereocenters. The largest absolute Gasteiger partial charge is 0.310 e. The summed E-state index contributed by atoms with van der Waals surface area (Å²) >= 11 is 1.46. The van der Waals surface area contributed by atoms with Gasteiger partial charge in [0.05, 0.1) is 17.1 Å². The van der Waals surface area contributed by atoms with E-state index in [2.05, 4.69) is 20.1 Å². The molecule has 0 saturated heterocycles. The molecule has 1 N–H and O–H groups in total. The van der Waals surface area contributed by atoms with Crippen LogP contribution in [0.2, 0.25) is 0 Å². The Labute approximate surface area is 186 Å². The molecule has 1 amide bonds. The number of aromatic nitrogens is 5. The van der Waals surface area contributed by atoms with Crippen molar-refractivity contribution in [3.63, 3.8) is 0 Å². The third kappa shape index (κ3) is 4.54. The molecule has 0 radical (unpaired) electrons. The minimum Gasteiger partial charge on any atom is -0.310 e. The van der Waals surface area contributed by atoms with Crippen LogP contribution in [0.4, 0.5) is 5.82 Å². The van der Waals surface area contributed by atoms with E-state index in [1.165, 1.54) is 56.7 Å². The molecule has 0 unspecified atom stereocenters. The molecule has 7 nitrogen and oxygen atoms in total. The highest BCUT2D eigenvalue weighted by molar-refractivity contribution is 7.99. The van der Waals surface area contributed by atoms with Crippen molar-refractivity contribution in [2.45, 2.75) is 69.0 Å². The number of hydrogen-bond donors (Lipinski definition) is 1. The van der Waals surface area contributed by atoms with Gasteiger partial charge in [-0.15, -0.1) is 10.2 Å². The van der Waals surface area contributed by atoms with E-state index in [9.17, 15) is 4.79 Å². The molecule has 2 fully saturated rings. The van der Waals surface area contributed by atoms with Gasteiger partial charge in [-0.1, -0.05) is 49.2 Å². The molecule has 0 aliphatic heterocycles. The topological polar surface area (TPSA) is 77.6 Å². The first kappa shape index (κ1) is 20.3. The van der Waals surface area contributed by atoms with E-state index in [0.29, 0.717) is 17.7 Å². The van der Waals surface area contributed by atoms with Gasteiger partial charge in [0.1, 0.15) is 11.6 Å². The van der Waals surface area contributed by atoms with Crippen molar-refractivity contribution >= 4 is 23.5 Å². The molecule has 0 spiro atoms. The number of hydrogen-bond acceptors (Lipinski definition) is 5. The molecule has 3 aromatic rings. The average Bonchev–Trinajstić information content (AvgIpc) is 3.47. The Hall–Kier alpha value is -2.61. The zero-order valence-electron chi connectivity index (χ0n) is 17.8. The summed E-state index contributed by atoms with van der Waals surface area (Å²) in [6.45, 7) is 2.00. The smallest absolute Gasteiger partial charge is 0.236 e. The summed E-state index contributed by atoms with van der Waals surface area (Å²) in [6, 6.07) is 12.4. The summed E-state index contributed by atoms with van der Waals surface area (Å²) in [5.41, 5.74) is 2.00. The highest BCUT2D eigenvalue weighted by Crippen LogP contribution is 2.40. The maximum absolute atomic E-state index is 12.8. The molecule has 8 heteroatoms. The number of amides is 1. The molecular weight excluding hydrogens is 408 g/mol. The third-order valence-electron chi connectivity index (χ3n) is 6.10. The van der Waals surface area contributed by atoms with Crippen molar-refractivity contribution in [1.29, 1.82) is 0 Å². The van der Waals surface area contributed by atoms with Crippen molar-refractivity contribution < 1.29 is 4.79 Å². The zero-order valence-corrected chi connectivity index (χ0v) is 18.6. The fraction of sp³-hybridized carbons (Fsp3) is 0.478. The SMILES string of the molecule is Cc1nnc(SCC(=O)Nc2cc(C3CC3)nn2-c2ccccc2)n1C1CCCCC1. The Morgan fingerprint density at radius 3 is 2.61 bits per heavy atom. The monoisotopic (exact) mass is 436 g/mol. The first-order valence-electron chi connectivity index (χ1n) is 11.2. The van der Waals surface area contributed by atoms with E-state index in [1.807, 2.05) is 48.0 Å². The Balaban J connectivity index is 1.29. The van der Waals surface area contributed by atoms with Gasteiger partial charge in [0, 0.05) is 18.0 Å². The van der Waals surface area contributed by atoms with Crippen molar-refractivity contribution in [3.05, 3.63) is 47.9 Å². The fourth-order valence-corrected chi connectivity index (χ4v) is 5.20. The lowest BCUT2D eigenvalue weighted by Gasteiger charge is -2.24. The van der Waals surface area contributed by atoms with Gasteiger partial charge >= 0.3 is 0 Å². The predicted molar refractivity (Wildman–Crippen MR) is 122 cm³/mol. The summed E-state index contributed by atoms with van der Waals surface area (Å²) in [5, 5.41) is 17.3. The quantitative estimate of drug-likeness (QED) is 0.534. The maximum Gasteiger partial charge on any atom is 0.236 e. The van der Waals surface area contributed by atoms with E-state index in [1.54, 1.807) is 0 Å². The number of thioether (sulfide) groups is 1. The van der Waals surface area contributed by atoms with Crippen LogP contribution in [0, 0.1) is 6.92 Å². The van der Waals surface area contributed by atoms with Crippen LogP contribution in [0.3, 0.4) is 0 Å². The number of aryl methyl sites for hydroxylation is 1. The highest BCUT2D eigenvalue weighted by Gasteiger charge is 2.28. The average molecular weight is 437 g/mol. The molecule has 31 heavy (non-hydrogen) atoms. The van der Waals surface area contributed by atoms with E-state index < -0.39 is 0 Å². The highest BCUT2D eigenvalue weighted by atomic mass is 32.2. The Morgan fingerprint density at radius 1 is 1.10 bits per heavy atom. The molecule has 2 aliphatic carbocycles. The van der Waals surface area contributed by atoms with Crippen molar-refractivity contribution in [1.82, 2.24) is 24.5 Å². The van der Waals surface area contributed by atoms with Crippen molar-refractivity contribution in [2.24, 2.45) is 0 Å². The van der Waals surface area contributed by atoms with Crippen LogP contribution in [0.1, 0.15) is 68.4 Å². The summed E-state index contributed by atoms with van der Waals surface area (Å²) in [4.78, 5) is 12.8. The number of para-hydroxylation sites is 1. The van der Waals surface area contributed by atoms with Gasteiger partial charge in [-0.2, -0.15) is 5.10 Å². The molecular formula is C23H28N6OS. The lowest BCUT2D eigenvalue weighted by Crippen LogP contribution is -2.18. The third-order valence-corrected chi connectivity index (χ3v) is 7.04. The Morgan fingerprint density at radius 2 is 1.87 bits per heavy atom. The normalized spacial score (nSPS) is 17.1. The first-order valence-corrected chi connectivity index (χ1v) is 12.2. The van der Waals surface area contributed by atoms with Crippen molar-refractivity contribution in [2.75, 3.05) is 11.1 Å². The van der Waals surface area contributed by atoms with Crippen LogP contribution < -0.4 is 5.32 Å². The summed E-state index contributed by atoms with van der Waals surface area (Å²) in [7, 11) is 0. The van der Waals surface area contributed by atoms with Gasteiger partial charge in [-0.3, -0.25) is 4.79 Å². The van der Waals surface area contributed by atoms with Crippen molar-refractivity contribution in [3.8, 4) is 5.69 Å². The second kappa shape index (κ2) is 8.86. The van der Waals surface area contributed by atoms with E-state index in [0.717, 1.165) is 28.2 Å². The van der Waals surface area contributed by atoms with Gasteiger partial charge in [0.2, 0.25) is 5.91 Å². The van der Waals surface area contributed by atoms with E-state index in [4.69, 9.17) is 5.10 Å². The van der Waals surface area contributed by atoms with Crippen LogP contribution in [0.15, 0.2) is 41.6 Å². The van der Waals surface area contributed by atoms with Crippen LogP contribution in [0.5, 0.6) is 0 Å². The maximum atomic E-state index is 12.8. The summed E-state index contributed by atoms with van der Waals surface area (Å²) in [6.07, 6.45) is 8.48. The van der Waals surface area contributed by atoms with Gasteiger partial charge in [0.25, 0.3) is 0 Å². The minimum atomic E-state index is -0.0553. The number of rotatable bonds is 7. The molecule has 5 rings (SSSR count). The van der Waals surface area contributed by atoms with Crippen LogP contribution >= 0.6 is 11.8 Å². The Bertz CT molecular complexity index is 1050. The van der Waals surface area contributed by atoms with Crippen LogP contribution in [-0.2, 0) is 4.79 Å². The van der Waals surface area contributed by atoms with Crippen LogP contribution in [0.25, 0.3) is 5.69 Å². The van der Waals surface area contributed by atoms with Crippen LogP contribution in [-0.4, -0.2) is 36.2 Å². The fourth-order valence-electron chi connectivity index (χ4n) is 4.35. The number of nitrogens with zero attached hydrogens (tertiary/aromatic N) is 5. The number of anilines is 1. The number of carbonyl (C=O) groups excluding carboxylic acids is 1. The standard InChI is InChI=1S/C23H28N6OS/c1-16-25-26-23(28(16)18-8-4-2-5-9-18)31-15-22(30)24-21-14-20(17-12-13-17)27-29(21)19-10-6-3-7-11-19/h3,6-7,10-11,14,17-18H,2,4-5,8-9,12-13,15H2,1H3,(H,24,30). The number of benzene rings is 1. The van der Waals surface area contributed by atoms with Gasteiger partial charge in [-0.25, -0.2) is 4.68 Å². The lowest BCUT2D eigenvalue weighted by molar-refractivity contribution is -0.113. The molecule has 2 heterocycles. The molecule has 0 bridgehead atoms. The molecule has 1 aromatic carbocycles.